The van der Waals surface area contributed by atoms with Crippen LogP contribution in [0.5, 0.6) is 0 Å². The Labute approximate surface area is 181 Å². The second-order valence-electron chi connectivity index (χ2n) is 8.43. The first-order valence-electron chi connectivity index (χ1n) is 10.9. The summed E-state index contributed by atoms with van der Waals surface area (Å²) in [6, 6.07) is 2.33. The maximum atomic E-state index is 12.7. The van der Waals surface area contributed by atoms with Gasteiger partial charge in [-0.2, -0.15) is 13.2 Å². The molecule has 174 valence electrons. The van der Waals surface area contributed by atoms with E-state index in [4.69, 9.17) is 4.74 Å². The summed E-state index contributed by atoms with van der Waals surface area (Å²) in [5, 5.41) is 5.91. The van der Waals surface area contributed by atoms with E-state index in [1.54, 1.807) is 0 Å². The number of carbonyl (C=O) groups is 1. The standard InChI is InChI=1S/C21H32F3N5O2/c1-15-13-28(14-16(2)31-15)9-3-8-25-20(30)27-18-6-10-29(11-7-18)19-5-4-17(12-26-19)21(22,23)24/h4-5,12,15-16,18H,3,6-11,13-14H2,1-2H3,(H2,25,27,30). The molecule has 1 aromatic rings. The lowest BCUT2D eigenvalue weighted by Gasteiger charge is -2.35. The number of nitrogens with one attached hydrogen (secondary N) is 2. The number of nitrogens with zero attached hydrogens (tertiary/aromatic N) is 3. The first-order chi connectivity index (χ1) is 14.7. The number of alkyl halides is 3. The van der Waals surface area contributed by atoms with E-state index in [9.17, 15) is 18.0 Å². The van der Waals surface area contributed by atoms with Gasteiger partial charge in [-0.25, -0.2) is 9.78 Å². The Balaban J connectivity index is 1.32. The third-order valence-electron chi connectivity index (χ3n) is 5.66. The molecule has 2 fully saturated rings. The molecule has 2 atom stereocenters. The summed E-state index contributed by atoms with van der Waals surface area (Å²) in [6.45, 7) is 8.80. The van der Waals surface area contributed by atoms with E-state index in [1.807, 2.05) is 4.90 Å². The van der Waals surface area contributed by atoms with Gasteiger partial charge in [-0.3, -0.25) is 4.90 Å². The van der Waals surface area contributed by atoms with Crippen LogP contribution in [0.3, 0.4) is 0 Å². The molecule has 10 heteroatoms. The lowest BCUT2D eigenvalue weighted by atomic mass is 10.1. The van der Waals surface area contributed by atoms with E-state index in [0.29, 0.717) is 25.5 Å². The van der Waals surface area contributed by atoms with Crippen molar-refractivity contribution in [2.45, 2.75) is 57.5 Å². The molecule has 2 N–H and O–H groups in total. The number of halogens is 3. The number of urea groups is 1. The summed E-state index contributed by atoms with van der Waals surface area (Å²) in [7, 11) is 0. The largest absolute Gasteiger partial charge is 0.417 e. The molecule has 1 aromatic heterocycles. The van der Waals surface area contributed by atoms with Gasteiger partial charge in [0.15, 0.2) is 0 Å². The first kappa shape index (κ1) is 23.6. The van der Waals surface area contributed by atoms with Crippen molar-refractivity contribution in [2.75, 3.05) is 44.2 Å². The zero-order chi connectivity index (χ0) is 22.4. The van der Waals surface area contributed by atoms with E-state index < -0.39 is 11.7 Å². The molecule has 31 heavy (non-hydrogen) atoms. The topological polar surface area (TPSA) is 69.7 Å². The normalized spacial score (nSPS) is 23.6. The summed E-state index contributed by atoms with van der Waals surface area (Å²) < 4.78 is 43.7. The van der Waals surface area contributed by atoms with Crippen molar-refractivity contribution in [1.82, 2.24) is 20.5 Å². The van der Waals surface area contributed by atoms with Crippen LogP contribution >= 0.6 is 0 Å². The number of morpholine rings is 1. The summed E-state index contributed by atoms with van der Waals surface area (Å²) in [5.41, 5.74) is -0.748. The Morgan fingerprint density at radius 3 is 2.45 bits per heavy atom. The molecule has 3 rings (SSSR count). The predicted molar refractivity (Wildman–Crippen MR) is 112 cm³/mol. The third kappa shape index (κ3) is 7.24. The van der Waals surface area contributed by atoms with Crippen LogP contribution in [0.25, 0.3) is 0 Å². The van der Waals surface area contributed by atoms with E-state index in [-0.39, 0.29) is 24.3 Å². The van der Waals surface area contributed by atoms with Crippen LogP contribution in [0.4, 0.5) is 23.8 Å². The number of pyridine rings is 1. The van der Waals surface area contributed by atoms with Crippen molar-refractivity contribution in [3.8, 4) is 0 Å². The summed E-state index contributed by atoms with van der Waals surface area (Å²) in [6.07, 6.45) is -0.711. The molecule has 0 spiro atoms. The number of aromatic nitrogens is 1. The summed E-state index contributed by atoms with van der Waals surface area (Å²) >= 11 is 0. The zero-order valence-electron chi connectivity index (χ0n) is 18.1. The Bertz CT molecular complexity index is 698. The summed E-state index contributed by atoms with van der Waals surface area (Å²) in [4.78, 5) is 20.4. The van der Waals surface area contributed by atoms with Crippen molar-refractivity contribution < 1.29 is 22.7 Å². The molecular weight excluding hydrogens is 411 g/mol. The highest BCUT2D eigenvalue weighted by Gasteiger charge is 2.31. The number of piperidine rings is 1. The van der Waals surface area contributed by atoms with Crippen molar-refractivity contribution >= 4 is 11.8 Å². The van der Waals surface area contributed by atoms with Gasteiger partial charge in [-0.1, -0.05) is 0 Å². The SMILES string of the molecule is CC1CN(CCCNC(=O)NC2CCN(c3ccc(C(F)(F)F)cn3)CC2)CC(C)O1. The zero-order valence-corrected chi connectivity index (χ0v) is 18.1. The van der Waals surface area contributed by atoms with Crippen molar-refractivity contribution in [3.05, 3.63) is 23.9 Å². The average molecular weight is 444 g/mol. The van der Waals surface area contributed by atoms with Gasteiger partial charge in [0.05, 0.1) is 17.8 Å². The fourth-order valence-electron chi connectivity index (χ4n) is 4.20. The summed E-state index contributed by atoms with van der Waals surface area (Å²) in [5.74, 6) is 0.530. The molecule has 2 amide bonds. The fraction of sp³-hybridized carbons (Fsp3) is 0.714. The predicted octanol–water partition coefficient (Wildman–Crippen LogP) is 2.87. The molecule has 2 saturated heterocycles. The molecule has 0 saturated carbocycles. The molecule has 2 unspecified atom stereocenters. The lowest BCUT2D eigenvalue weighted by molar-refractivity contribution is -0.137. The van der Waals surface area contributed by atoms with Crippen LogP contribution in [0.2, 0.25) is 0 Å². The van der Waals surface area contributed by atoms with E-state index >= 15 is 0 Å². The second kappa shape index (κ2) is 10.5. The Morgan fingerprint density at radius 1 is 1.19 bits per heavy atom. The average Bonchev–Trinajstić information content (AvgIpc) is 2.71. The monoisotopic (exact) mass is 443 g/mol. The van der Waals surface area contributed by atoms with Crippen LogP contribution < -0.4 is 15.5 Å². The van der Waals surface area contributed by atoms with Gasteiger partial charge in [0.2, 0.25) is 0 Å². The molecule has 0 aliphatic carbocycles. The van der Waals surface area contributed by atoms with Gasteiger partial charge in [0.1, 0.15) is 5.82 Å². The minimum Gasteiger partial charge on any atom is -0.373 e. The molecule has 0 bridgehead atoms. The highest BCUT2D eigenvalue weighted by atomic mass is 19.4. The van der Waals surface area contributed by atoms with E-state index in [0.717, 1.165) is 51.2 Å². The highest BCUT2D eigenvalue weighted by Crippen LogP contribution is 2.29. The number of anilines is 1. The number of hydrogen-bond donors (Lipinski definition) is 2. The molecule has 2 aliphatic rings. The second-order valence-corrected chi connectivity index (χ2v) is 8.43. The van der Waals surface area contributed by atoms with Crippen LogP contribution in [0.15, 0.2) is 18.3 Å². The van der Waals surface area contributed by atoms with E-state index in [1.165, 1.54) is 6.07 Å². The van der Waals surface area contributed by atoms with Crippen LogP contribution in [0.1, 0.15) is 38.7 Å². The number of rotatable bonds is 6. The molecule has 3 heterocycles. The molecule has 2 aliphatic heterocycles. The smallest absolute Gasteiger partial charge is 0.373 e. The van der Waals surface area contributed by atoms with Crippen LogP contribution in [-0.2, 0) is 10.9 Å². The Hall–Kier alpha value is -2.07. The van der Waals surface area contributed by atoms with Gasteiger partial charge in [0.25, 0.3) is 0 Å². The first-order valence-corrected chi connectivity index (χ1v) is 10.9. The van der Waals surface area contributed by atoms with Crippen molar-refractivity contribution in [2.24, 2.45) is 0 Å². The van der Waals surface area contributed by atoms with Gasteiger partial charge in [-0.15, -0.1) is 0 Å². The van der Waals surface area contributed by atoms with Gasteiger partial charge in [0, 0.05) is 51.5 Å². The van der Waals surface area contributed by atoms with Gasteiger partial charge >= 0.3 is 12.2 Å². The van der Waals surface area contributed by atoms with Crippen molar-refractivity contribution in [3.63, 3.8) is 0 Å². The minimum absolute atomic E-state index is 0.0478. The minimum atomic E-state index is -4.38. The highest BCUT2D eigenvalue weighted by molar-refractivity contribution is 5.74. The maximum Gasteiger partial charge on any atom is 0.417 e. The quantitative estimate of drug-likeness (QED) is 0.662. The van der Waals surface area contributed by atoms with Gasteiger partial charge in [-0.05, 0) is 45.2 Å². The number of hydrogen-bond acceptors (Lipinski definition) is 5. The van der Waals surface area contributed by atoms with Crippen LogP contribution in [0, 0.1) is 0 Å². The molecule has 0 radical (unpaired) electrons. The number of carbonyl (C=O) groups excluding carboxylic acids is 1. The fourth-order valence-corrected chi connectivity index (χ4v) is 4.20. The Morgan fingerprint density at radius 2 is 1.87 bits per heavy atom. The number of amides is 2. The van der Waals surface area contributed by atoms with Crippen LogP contribution in [-0.4, -0.2) is 73.4 Å². The third-order valence-corrected chi connectivity index (χ3v) is 5.66. The Kier molecular flexibility index (Phi) is 7.99. The maximum absolute atomic E-state index is 12.7. The number of ether oxygens (including phenoxy) is 1. The molecular formula is C21H32F3N5O2. The van der Waals surface area contributed by atoms with Gasteiger partial charge < -0.3 is 20.3 Å². The van der Waals surface area contributed by atoms with E-state index in [2.05, 4.69) is 34.4 Å². The van der Waals surface area contributed by atoms with Crippen molar-refractivity contribution in [1.29, 1.82) is 0 Å². The molecule has 7 nitrogen and oxygen atoms in total. The lowest BCUT2D eigenvalue weighted by Crippen LogP contribution is -2.49. The molecule has 0 aromatic carbocycles.